The molecule has 0 spiro atoms. The van der Waals surface area contributed by atoms with Crippen LogP contribution in [0.3, 0.4) is 0 Å². The zero-order valence-corrected chi connectivity index (χ0v) is 14.4. The number of aliphatic carboxylic acids is 1. The Labute approximate surface area is 146 Å². The molecule has 1 saturated heterocycles. The van der Waals surface area contributed by atoms with E-state index in [-0.39, 0.29) is 11.8 Å². The van der Waals surface area contributed by atoms with Crippen LogP contribution < -0.4 is 5.32 Å². The maximum absolute atomic E-state index is 11.9. The normalized spacial score (nSPS) is 16.9. The van der Waals surface area contributed by atoms with E-state index in [4.69, 9.17) is 4.74 Å². The molecule has 0 bridgehead atoms. The molecule has 1 aliphatic rings. The van der Waals surface area contributed by atoms with E-state index in [1.165, 1.54) is 0 Å². The topological polar surface area (TPSA) is 94.7 Å². The molecular formula is C18H23N3O4. The van der Waals surface area contributed by atoms with Gasteiger partial charge in [-0.15, -0.1) is 0 Å². The van der Waals surface area contributed by atoms with Crippen LogP contribution in [-0.4, -0.2) is 53.2 Å². The van der Waals surface area contributed by atoms with E-state index in [2.05, 4.69) is 10.3 Å². The number of carbonyl (C=O) groups is 2. The van der Waals surface area contributed by atoms with E-state index in [0.717, 1.165) is 16.5 Å². The van der Waals surface area contributed by atoms with Crippen LogP contribution in [0, 0.1) is 5.92 Å². The second-order valence-corrected chi connectivity index (χ2v) is 6.54. The lowest BCUT2D eigenvalue weighted by Gasteiger charge is -2.31. The summed E-state index contributed by atoms with van der Waals surface area (Å²) < 4.78 is 5.32. The third-order valence-corrected chi connectivity index (χ3v) is 4.44. The van der Waals surface area contributed by atoms with Crippen molar-refractivity contribution in [3.05, 3.63) is 30.0 Å². The number of anilines is 1. The van der Waals surface area contributed by atoms with Gasteiger partial charge in [-0.1, -0.05) is 19.9 Å². The van der Waals surface area contributed by atoms with Crippen molar-refractivity contribution in [2.24, 2.45) is 5.92 Å². The van der Waals surface area contributed by atoms with Gasteiger partial charge in [-0.2, -0.15) is 0 Å². The molecule has 1 aliphatic heterocycles. The highest BCUT2D eigenvalue weighted by molar-refractivity contribution is 5.96. The van der Waals surface area contributed by atoms with Gasteiger partial charge in [-0.05, 0) is 12.1 Å². The number of hydrogen-bond acceptors (Lipinski definition) is 4. The first-order chi connectivity index (χ1) is 12.0. The highest BCUT2D eigenvalue weighted by atomic mass is 16.5. The Balaban J connectivity index is 1.91. The second-order valence-electron chi connectivity index (χ2n) is 6.54. The molecule has 0 saturated carbocycles. The molecule has 3 N–H and O–H groups in total. The van der Waals surface area contributed by atoms with Gasteiger partial charge in [0.25, 0.3) is 0 Å². The molecule has 1 amide bonds. The molecule has 1 aromatic heterocycles. The number of nitrogens with one attached hydrogen (secondary N) is 2. The van der Waals surface area contributed by atoms with Crippen LogP contribution in [0.4, 0.5) is 5.69 Å². The van der Waals surface area contributed by atoms with E-state index in [1.807, 2.05) is 30.9 Å². The first-order valence-electron chi connectivity index (χ1n) is 8.44. The van der Waals surface area contributed by atoms with Gasteiger partial charge >= 0.3 is 5.97 Å². The largest absolute Gasteiger partial charge is 0.480 e. The van der Waals surface area contributed by atoms with Crippen molar-refractivity contribution in [2.75, 3.05) is 31.6 Å². The number of benzene rings is 1. The third-order valence-electron chi connectivity index (χ3n) is 4.44. The van der Waals surface area contributed by atoms with Gasteiger partial charge in [0.2, 0.25) is 5.91 Å². The van der Waals surface area contributed by atoms with Crippen molar-refractivity contribution >= 4 is 28.5 Å². The molecular weight excluding hydrogens is 322 g/mol. The van der Waals surface area contributed by atoms with Crippen LogP contribution in [0.25, 0.3) is 10.9 Å². The quantitative estimate of drug-likeness (QED) is 0.772. The minimum absolute atomic E-state index is 0.0529. The minimum Gasteiger partial charge on any atom is -0.480 e. The van der Waals surface area contributed by atoms with Gasteiger partial charge in [0.1, 0.15) is 6.04 Å². The number of carbonyl (C=O) groups excluding carboxylic acids is 1. The second kappa shape index (κ2) is 7.25. The molecule has 7 nitrogen and oxygen atoms in total. The number of hydrogen-bond donors (Lipinski definition) is 3. The fourth-order valence-corrected chi connectivity index (χ4v) is 3.06. The van der Waals surface area contributed by atoms with Crippen molar-refractivity contribution in [3.8, 4) is 0 Å². The van der Waals surface area contributed by atoms with Crippen LogP contribution >= 0.6 is 0 Å². The molecule has 0 unspecified atom stereocenters. The van der Waals surface area contributed by atoms with Gasteiger partial charge in [-0.3, -0.25) is 14.5 Å². The average Bonchev–Trinajstić information content (AvgIpc) is 2.98. The van der Waals surface area contributed by atoms with Crippen LogP contribution in [0.5, 0.6) is 0 Å². The number of aromatic nitrogens is 1. The Morgan fingerprint density at radius 1 is 1.28 bits per heavy atom. The number of carboxylic acid groups (broad SMARTS) is 1. The Morgan fingerprint density at radius 2 is 2.00 bits per heavy atom. The van der Waals surface area contributed by atoms with Gasteiger partial charge in [0.05, 0.1) is 13.2 Å². The van der Waals surface area contributed by atoms with E-state index in [1.54, 1.807) is 12.3 Å². The Bertz CT molecular complexity index is 778. The standard InChI is InChI=1S/C18H23N3O4/c1-11(2)17(22)20-12-3-4-13-14(10-19-15(13)9-12)16(18(23)24)21-5-7-25-8-6-21/h3-4,9-11,16,19H,5-8H2,1-2H3,(H,20,22)(H,23,24)/t16-/m1/s1. The summed E-state index contributed by atoms with van der Waals surface area (Å²) >= 11 is 0. The first-order valence-corrected chi connectivity index (χ1v) is 8.44. The summed E-state index contributed by atoms with van der Waals surface area (Å²) in [5.74, 6) is -1.03. The zero-order chi connectivity index (χ0) is 18.0. The van der Waals surface area contributed by atoms with Crippen molar-refractivity contribution in [3.63, 3.8) is 0 Å². The van der Waals surface area contributed by atoms with E-state index in [9.17, 15) is 14.7 Å². The van der Waals surface area contributed by atoms with E-state index in [0.29, 0.717) is 32.0 Å². The van der Waals surface area contributed by atoms with Crippen molar-refractivity contribution in [1.29, 1.82) is 0 Å². The molecule has 1 atom stereocenters. The predicted octanol–water partition coefficient (Wildman–Crippen LogP) is 2.22. The van der Waals surface area contributed by atoms with E-state index >= 15 is 0 Å². The van der Waals surface area contributed by atoms with Gasteiger partial charge in [0, 0.05) is 47.4 Å². The fourth-order valence-electron chi connectivity index (χ4n) is 3.06. The Hall–Kier alpha value is -2.38. The van der Waals surface area contributed by atoms with Gasteiger partial charge < -0.3 is 20.1 Å². The summed E-state index contributed by atoms with van der Waals surface area (Å²) in [7, 11) is 0. The highest BCUT2D eigenvalue weighted by Crippen LogP contribution is 2.30. The number of carboxylic acids is 1. The smallest absolute Gasteiger partial charge is 0.325 e. The molecule has 2 heterocycles. The van der Waals surface area contributed by atoms with Crippen molar-refractivity contribution < 1.29 is 19.4 Å². The summed E-state index contributed by atoms with van der Waals surface area (Å²) in [5, 5.41) is 13.4. The number of rotatable bonds is 5. The first kappa shape index (κ1) is 17.4. The molecule has 134 valence electrons. The minimum atomic E-state index is -0.875. The predicted molar refractivity (Wildman–Crippen MR) is 94.5 cm³/mol. The number of aromatic amines is 1. The summed E-state index contributed by atoms with van der Waals surface area (Å²) in [6.07, 6.45) is 1.74. The molecule has 3 rings (SSSR count). The Kier molecular flexibility index (Phi) is 5.06. The molecule has 2 aromatic rings. The highest BCUT2D eigenvalue weighted by Gasteiger charge is 2.30. The number of amides is 1. The molecule has 25 heavy (non-hydrogen) atoms. The maximum atomic E-state index is 11.9. The summed E-state index contributed by atoms with van der Waals surface area (Å²) in [5.41, 5.74) is 2.22. The number of morpholine rings is 1. The van der Waals surface area contributed by atoms with Crippen LogP contribution in [0.1, 0.15) is 25.5 Å². The lowest BCUT2D eigenvalue weighted by molar-refractivity contribution is -0.145. The molecule has 7 heteroatoms. The molecule has 0 aliphatic carbocycles. The van der Waals surface area contributed by atoms with Gasteiger partial charge in [-0.25, -0.2) is 0 Å². The van der Waals surface area contributed by atoms with Crippen molar-refractivity contribution in [1.82, 2.24) is 9.88 Å². The Morgan fingerprint density at radius 3 is 2.64 bits per heavy atom. The molecule has 1 fully saturated rings. The lowest BCUT2D eigenvalue weighted by Crippen LogP contribution is -2.42. The SMILES string of the molecule is CC(C)C(=O)Nc1ccc2c([C@H](C(=O)O)N3CCOCC3)c[nH]c2c1. The van der Waals surface area contributed by atoms with Gasteiger partial charge in [0.15, 0.2) is 0 Å². The number of H-pyrrole nitrogens is 1. The van der Waals surface area contributed by atoms with Crippen LogP contribution in [0.15, 0.2) is 24.4 Å². The average molecular weight is 345 g/mol. The van der Waals surface area contributed by atoms with E-state index < -0.39 is 12.0 Å². The number of nitrogens with zero attached hydrogens (tertiary/aromatic N) is 1. The molecule has 1 aromatic carbocycles. The summed E-state index contributed by atoms with van der Waals surface area (Å²) in [6, 6.07) is 4.77. The summed E-state index contributed by atoms with van der Waals surface area (Å²) in [4.78, 5) is 28.8. The zero-order valence-electron chi connectivity index (χ0n) is 14.4. The third kappa shape index (κ3) is 3.67. The van der Waals surface area contributed by atoms with Crippen molar-refractivity contribution in [2.45, 2.75) is 19.9 Å². The summed E-state index contributed by atoms with van der Waals surface area (Å²) in [6.45, 7) is 5.92. The van der Waals surface area contributed by atoms with Crippen LogP contribution in [0.2, 0.25) is 0 Å². The fraction of sp³-hybridized carbons (Fsp3) is 0.444. The van der Waals surface area contributed by atoms with Crippen LogP contribution in [-0.2, 0) is 14.3 Å². The number of fused-ring (bicyclic) bond motifs is 1. The number of ether oxygens (including phenoxy) is 1. The maximum Gasteiger partial charge on any atom is 0.325 e. The molecule has 0 radical (unpaired) electrons. The lowest BCUT2D eigenvalue weighted by atomic mass is 10.0. The monoisotopic (exact) mass is 345 g/mol.